The third kappa shape index (κ3) is 4.94. The standard InChI is InChI=1S/C13H27N3O/c1-13(2,3)15-12(17)16-10-6-5-7-11(16)8-9-14-4/h11,14H,5-10H2,1-4H3,(H,15,17). The molecule has 2 amide bonds. The van der Waals surface area contributed by atoms with Crippen molar-refractivity contribution < 1.29 is 4.79 Å². The predicted molar refractivity (Wildman–Crippen MR) is 71.2 cm³/mol. The molecule has 0 aliphatic carbocycles. The third-order valence-electron chi connectivity index (χ3n) is 3.10. The van der Waals surface area contributed by atoms with Gasteiger partial charge in [-0.2, -0.15) is 0 Å². The van der Waals surface area contributed by atoms with Crippen LogP contribution in [0.3, 0.4) is 0 Å². The first-order valence-electron chi connectivity index (χ1n) is 6.67. The van der Waals surface area contributed by atoms with Gasteiger partial charge >= 0.3 is 6.03 Å². The van der Waals surface area contributed by atoms with Crippen molar-refractivity contribution in [2.75, 3.05) is 20.1 Å². The molecule has 0 radical (unpaired) electrons. The molecule has 0 aromatic carbocycles. The topological polar surface area (TPSA) is 44.4 Å². The van der Waals surface area contributed by atoms with Crippen LogP contribution in [0, 0.1) is 0 Å². The number of likely N-dealkylation sites (tertiary alicyclic amines) is 1. The highest BCUT2D eigenvalue weighted by Gasteiger charge is 2.28. The van der Waals surface area contributed by atoms with E-state index in [4.69, 9.17) is 0 Å². The number of nitrogens with one attached hydrogen (secondary N) is 2. The fourth-order valence-corrected chi connectivity index (χ4v) is 2.27. The summed E-state index contributed by atoms with van der Waals surface area (Å²) in [4.78, 5) is 14.2. The van der Waals surface area contributed by atoms with E-state index in [0.29, 0.717) is 6.04 Å². The Kier molecular flexibility index (Phi) is 5.25. The summed E-state index contributed by atoms with van der Waals surface area (Å²) in [7, 11) is 1.96. The lowest BCUT2D eigenvalue weighted by Crippen LogP contribution is -2.53. The Hall–Kier alpha value is -0.770. The van der Waals surface area contributed by atoms with E-state index in [-0.39, 0.29) is 11.6 Å². The van der Waals surface area contributed by atoms with Crippen molar-refractivity contribution in [2.45, 2.75) is 58.0 Å². The fourth-order valence-electron chi connectivity index (χ4n) is 2.27. The zero-order valence-corrected chi connectivity index (χ0v) is 11.7. The van der Waals surface area contributed by atoms with Gasteiger partial charge in [0.2, 0.25) is 0 Å². The minimum Gasteiger partial charge on any atom is -0.333 e. The lowest BCUT2D eigenvalue weighted by molar-refractivity contribution is 0.140. The van der Waals surface area contributed by atoms with Gasteiger partial charge in [0.1, 0.15) is 0 Å². The molecular weight excluding hydrogens is 214 g/mol. The molecular formula is C13H27N3O. The molecule has 1 rings (SSSR count). The molecule has 2 N–H and O–H groups in total. The van der Waals surface area contributed by atoms with Gasteiger partial charge in [0.15, 0.2) is 0 Å². The summed E-state index contributed by atoms with van der Waals surface area (Å²) in [6.07, 6.45) is 4.56. The Labute approximate surface area is 105 Å². The SMILES string of the molecule is CNCCC1CCCCN1C(=O)NC(C)(C)C. The van der Waals surface area contributed by atoms with Crippen LogP contribution in [-0.2, 0) is 0 Å². The van der Waals surface area contributed by atoms with Gasteiger partial charge < -0.3 is 15.5 Å². The first-order valence-corrected chi connectivity index (χ1v) is 6.67. The van der Waals surface area contributed by atoms with Crippen LogP contribution in [-0.4, -0.2) is 42.6 Å². The van der Waals surface area contributed by atoms with Gasteiger partial charge in [-0.1, -0.05) is 0 Å². The molecule has 1 atom stereocenters. The summed E-state index contributed by atoms with van der Waals surface area (Å²) in [6, 6.07) is 0.497. The smallest absolute Gasteiger partial charge is 0.318 e. The van der Waals surface area contributed by atoms with E-state index in [9.17, 15) is 4.79 Å². The molecule has 0 aromatic heterocycles. The molecule has 1 aliphatic heterocycles. The van der Waals surface area contributed by atoms with E-state index in [0.717, 1.165) is 32.4 Å². The number of urea groups is 1. The normalized spacial score (nSPS) is 21.4. The molecule has 0 spiro atoms. The number of hydrogen-bond acceptors (Lipinski definition) is 2. The van der Waals surface area contributed by atoms with Gasteiger partial charge in [-0.3, -0.25) is 0 Å². The van der Waals surface area contributed by atoms with Gasteiger partial charge in [0.05, 0.1) is 0 Å². The van der Waals surface area contributed by atoms with Crippen LogP contribution in [0.1, 0.15) is 46.5 Å². The maximum Gasteiger partial charge on any atom is 0.318 e. The molecule has 1 fully saturated rings. The molecule has 17 heavy (non-hydrogen) atoms. The maximum absolute atomic E-state index is 12.2. The van der Waals surface area contributed by atoms with Crippen LogP contribution >= 0.6 is 0 Å². The summed E-state index contributed by atoms with van der Waals surface area (Å²) < 4.78 is 0. The minimum atomic E-state index is -0.151. The number of carbonyl (C=O) groups excluding carboxylic acids is 1. The van der Waals surface area contributed by atoms with Crippen molar-refractivity contribution in [2.24, 2.45) is 0 Å². The Balaban J connectivity index is 2.54. The number of hydrogen-bond donors (Lipinski definition) is 2. The summed E-state index contributed by atoms with van der Waals surface area (Å²) in [6.45, 7) is 7.95. The van der Waals surface area contributed by atoms with Crippen molar-refractivity contribution in [3.63, 3.8) is 0 Å². The van der Waals surface area contributed by atoms with Crippen LogP contribution in [0.5, 0.6) is 0 Å². The second-order valence-electron chi connectivity index (χ2n) is 5.92. The summed E-state index contributed by atoms with van der Waals surface area (Å²) in [5.74, 6) is 0. The van der Waals surface area contributed by atoms with Crippen molar-refractivity contribution in [3.8, 4) is 0 Å². The van der Waals surface area contributed by atoms with E-state index in [2.05, 4.69) is 10.6 Å². The number of rotatable bonds is 3. The second kappa shape index (κ2) is 6.24. The monoisotopic (exact) mass is 241 g/mol. The molecule has 0 bridgehead atoms. The van der Waals surface area contributed by atoms with Crippen LogP contribution in [0.4, 0.5) is 4.79 Å². The predicted octanol–water partition coefficient (Wildman–Crippen LogP) is 1.96. The number of amides is 2. The number of nitrogens with zero attached hydrogens (tertiary/aromatic N) is 1. The van der Waals surface area contributed by atoms with Crippen LogP contribution in [0.15, 0.2) is 0 Å². The lowest BCUT2D eigenvalue weighted by atomic mass is 9.99. The van der Waals surface area contributed by atoms with E-state index in [1.54, 1.807) is 0 Å². The molecule has 1 unspecified atom stereocenters. The highest BCUT2D eigenvalue weighted by molar-refractivity contribution is 5.75. The molecule has 0 aromatic rings. The van der Waals surface area contributed by atoms with Gasteiger partial charge in [-0.25, -0.2) is 4.79 Å². The lowest BCUT2D eigenvalue weighted by Gasteiger charge is -2.37. The van der Waals surface area contributed by atoms with Crippen LogP contribution in [0.25, 0.3) is 0 Å². The zero-order valence-electron chi connectivity index (χ0n) is 11.7. The van der Waals surface area contributed by atoms with Gasteiger partial charge in [0.25, 0.3) is 0 Å². The maximum atomic E-state index is 12.2. The fraction of sp³-hybridized carbons (Fsp3) is 0.923. The Bertz CT molecular complexity index is 248. The minimum absolute atomic E-state index is 0.0957. The molecule has 4 heteroatoms. The zero-order chi connectivity index (χ0) is 12.9. The van der Waals surface area contributed by atoms with E-state index < -0.39 is 0 Å². The van der Waals surface area contributed by atoms with Gasteiger partial charge in [0, 0.05) is 18.1 Å². The Morgan fingerprint density at radius 3 is 2.65 bits per heavy atom. The summed E-state index contributed by atoms with van der Waals surface area (Å²) in [5.41, 5.74) is -0.151. The third-order valence-corrected chi connectivity index (χ3v) is 3.10. The van der Waals surface area contributed by atoms with Gasteiger partial charge in [-0.15, -0.1) is 0 Å². The molecule has 0 saturated carbocycles. The number of piperidine rings is 1. The Morgan fingerprint density at radius 2 is 2.06 bits per heavy atom. The Morgan fingerprint density at radius 1 is 1.35 bits per heavy atom. The highest BCUT2D eigenvalue weighted by Crippen LogP contribution is 2.20. The summed E-state index contributed by atoms with van der Waals surface area (Å²) >= 11 is 0. The van der Waals surface area contributed by atoms with Gasteiger partial charge in [-0.05, 0) is 60.0 Å². The highest BCUT2D eigenvalue weighted by atomic mass is 16.2. The van der Waals surface area contributed by atoms with E-state index in [1.165, 1.54) is 6.42 Å². The average Bonchev–Trinajstić information content (AvgIpc) is 2.24. The molecule has 4 nitrogen and oxygen atoms in total. The summed E-state index contributed by atoms with van der Waals surface area (Å²) in [5, 5.41) is 6.23. The second-order valence-corrected chi connectivity index (χ2v) is 5.92. The van der Waals surface area contributed by atoms with Crippen molar-refractivity contribution >= 4 is 6.03 Å². The average molecular weight is 241 g/mol. The quantitative estimate of drug-likeness (QED) is 0.793. The molecule has 1 aliphatic rings. The first kappa shape index (κ1) is 14.3. The number of carbonyl (C=O) groups is 1. The molecule has 1 saturated heterocycles. The van der Waals surface area contributed by atoms with Crippen LogP contribution < -0.4 is 10.6 Å². The molecule has 100 valence electrons. The van der Waals surface area contributed by atoms with Crippen LogP contribution in [0.2, 0.25) is 0 Å². The largest absolute Gasteiger partial charge is 0.333 e. The van der Waals surface area contributed by atoms with E-state index in [1.807, 2.05) is 32.7 Å². The van der Waals surface area contributed by atoms with Crippen molar-refractivity contribution in [3.05, 3.63) is 0 Å². The molecule has 1 heterocycles. The van der Waals surface area contributed by atoms with Crippen molar-refractivity contribution in [1.29, 1.82) is 0 Å². The van der Waals surface area contributed by atoms with E-state index >= 15 is 0 Å². The first-order chi connectivity index (χ1) is 7.94. The van der Waals surface area contributed by atoms with Crippen molar-refractivity contribution in [1.82, 2.24) is 15.5 Å².